The molecule has 0 unspecified atom stereocenters. The van der Waals surface area contributed by atoms with Gasteiger partial charge >= 0.3 is 0 Å². The van der Waals surface area contributed by atoms with Crippen LogP contribution in [0.25, 0.3) is 0 Å². The molecule has 0 aliphatic carbocycles. The Kier molecular flexibility index (Phi) is 1.42. The van der Waals surface area contributed by atoms with E-state index in [0.29, 0.717) is 0 Å². The molecule has 1 aliphatic rings. The molecule has 0 radical (unpaired) electrons. The lowest BCUT2D eigenvalue weighted by atomic mass is 10.2. The van der Waals surface area contributed by atoms with Gasteiger partial charge in [-0.15, -0.1) is 0 Å². The lowest BCUT2D eigenvalue weighted by Gasteiger charge is -2.31. The monoisotopic (exact) mass is 150 g/mol. The van der Waals surface area contributed by atoms with Gasteiger partial charge in [0.1, 0.15) is 5.69 Å². The van der Waals surface area contributed by atoms with Crippen molar-refractivity contribution in [1.82, 2.24) is 4.98 Å². The quantitative estimate of drug-likeness (QED) is 0.635. The maximum absolute atomic E-state index is 11.2. The van der Waals surface area contributed by atoms with E-state index < -0.39 is 0 Å². The topological polar surface area (TPSA) is 36.1 Å². The first kappa shape index (κ1) is 6.46. The molecule has 58 valence electrons. The second-order valence-corrected chi connectivity index (χ2v) is 2.73. The summed E-state index contributed by atoms with van der Waals surface area (Å²) in [4.78, 5) is 15.9. The van der Waals surface area contributed by atoms with Crippen molar-refractivity contribution >= 4 is 5.69 Å². The Labute approximate surface area is 64.7 Å². The summed E-state index contributed by atoms with van der Waals surface area (Å²) < 4.78 is 0. The predicted molar refractivity (Wildman–Crippen MR) is 43.9 cm³/mol. The Balaban J connectivity index is 2.36. The van der Waals surface area contributed by atoms with Crippen molar-refractivity contribution in [1.29, 1.82) is 0 Å². The summed E-state index contributed by atoms with van der Waals surface area (Å²) in [5.74, 6) is 0. The van der Waals surface area contributed by atoms with Gasteiger partial charge in [-0.3, -0.25) is 4.79 Å². The Morgan fingerprint density at radius 3 is 2.82 bits per heavy atom. The minimum absolute atomic E-state index is 0.0206. The molecule has 2 rings (SSSR count). The van der Waals surface area contributed by atoms with Crippen LogP contribution in [0.2, 0.25) is 0 Å². The van der Waals surface area contributed by atoms with Gasteiger partial charge < -0.3 is 9.88 Å². The number of nitrogens with one attached hydrogen (secondary N) is 1. The Hall–Kier alpha value is -1.25. The smallest absolute Gasteiger partial charge is 0.271 e. The third-order valence-corrected chi connectivity index (χ3v) is 1.99. The van der Waals surface area contributed by atoms with Crippen LogP contribution in [-0.4, -0.2) is 18.1 Å². The van der Waals surface area contributed by atoms with Crippen molar-refractivity contribution in [3.8, 4) is 0 Å². The molecular weight excluding hydrogens is 140 g/mol. The van der Waals surface area contributed by atoms with E-state index in [-0.39, 0.29) is 5.56 Å². The molecule has 0 saturated carbocycles. The molecule has 1 aromatic rings. The number of H-pyrrole nitrogens is 1. The van der Waals surface area contributed by atoms with Gasteiger partial charge in [0.25, 0.3) is 5.56 Å². The molecule has 3 heteroatoms. The summed E-state index contributed by atoms with van der Waals surface area (Å²) in [5, 5.41) is 0. The summed E-state index contributed by atoms with van der Waals surface area (Å²) in [6.07, 6.45) is 2.86. The van der Waals surface area contributed by atoms with E-state index in [9.17, 15) is 4.79 Å². The Bertz CT molecular complexity index is 301. The Morgan fingerprint density at radius 2 is 2.27 bits per heavy atom. The summed E-state index contributed by atoms with van der Waals surface area (Å²) in [7, 11) is 0. The molecule has 2 heterocycles. The number of hydrogen-bond acceptors (Lipinski definition) is 2. The van der Waals surface area contributed by atoms with Gasteiger partial charge in [0.2, 0.25) is 0 Å². The van der Waals surface area contributed by atoms with Crippen molar-refractivity contribution < 1.29 is 0 Å². The number of aromatic amines is 1. The molecule has 11 heavy (non-hydrogen) atoms. The van der Waals surface area contributed by atoms with E-state index >= 15 is 0 Å². The fraction of sp³-hybridized carbons (Fsp3) is 0.375. The van der Waals surface area contributed by atoms with Crippen LogP contribution < -0.4 is 10.5 Å². The molecule has 1 N–H and O–H groups in total. The molecule has 0 spiro atoms. The van der Waals surface area contributed by atoms with Crippen molar-refractivity contribution in [2.24, 2.45) is 0 Å². The number of anilines is 1. The largest absolute Gasteiger partial charge is 0.367 e. The van der Waals surface area contributed by atoms with Crippen LogP contribution >= 0.6 is 0 Å². The predicted octanol–water partition coefficient (Wildman–Crippen LogP) is 0.585. The van der Waals surface area contributed by atoms with Crippen LogP contribution in [0.5, 0.6) is 0 Å². The maximum atomic E-state index is 11.2. The zero-order valence-corrected chi connectivity index (χ0v) is 6.21. The molecule has 0 bridgehead atoms. The second kappa shape index (κ2) is 2.42. The summed E-state index contributed by atoms with van der Waals surface area (Å²) >= 11 is 0. The Morgan fingerprint density at radius 1 is 1.45 bits per heavy atom. The van der Waals surface area contributed by atoms with Gasteiger partial charge in [-0.05, 0) is 18.6 Å². The molecule has 0 aromatic carbocycles. The van der Waals surface area contributed by atoms with Crippen molar-refractivity contribution in [2.45, 2.75) is 6.42 Å². The highest BCUT2D eigenvalue weighted by molar-refractivity contribution is 5.45. The van der Waals surface area contributed by atoms with E-state index in [1.807, 2.05) is 12.1 Å². The van der Waals surface area contributed by atoms with E-state index in [2.05, 4.69) is 9.88 Å². The molecular formula is C8H10N2O. The fourth-order valence-corrected chi connectivity index (χ4v) is 1.22. The third-order valence-electron chi connectivity index (χ3n) is 1.99. The molecule has 1 aromatic heterocycles. The van der Waals surface area contributed by atoms with E-state index in [1.54, 1.807) is 6.20 Å². The SMILES string of the molecule is O=c1[nH]cccc1N1CCC1. The van der Waals surface area contributed by atoms with Crippen molar-refractivity contribution in [3.05, 3.63) is 28.7 Å². The molecule has 0 amide bonds. The number of nitrogens with zero attached hydrogens (tertiary/aromatic N) is 1. The van der Waals surface area contributed by atoms with Gasteiger partial charge in [0, 0.05) is 19.3 Å². The van der Waals surface area contributed by atoms with Crippen LogP contribution in [-0.2, 0) is 0 Å². The van der Waals surface area contributed by atoms with E-state index in [4.69, 9.17) is 0 Å². The van der Waals surface area contributed by atoms with E-state index in [1.165, 1.54) is 6.42 Å². The third kappa shape index (κ3) is 1.02. The molecule has 3 nitrogen and oxygen atoms in total. The number of aromatic nitrogens is 1. The van der Waals surface area contributed by atoms with Crippen molar-refractivity contribution in [2.75, 3.05) is 18.0 Å². The first-order valence-electron chi connectivity index (χ1n) is 3.80. The van der Waals surface area contributed by atoms with Gasteiger partial charge in [-0.2, -0.15) is 0 Å². The minimum atomic E-state index is 0.0206. The fourth-order valence-electron chi connectivity index (χ4n) is 1.22. The van der Waals surface area contributed by atoms with Gasteiger partial charge in [-0.1, -0.05) is 0 Å². The molecule has 1 saturated heterocycles. The first-order valence-corrected chi connectivity index (χ1v) is 3.80. The standard InChI is InChI=1S/C8H10N2O/c11-8-7(3-1-4-9-8)10-5-2-6-10/h1,3-4H,2,5-6H2,(H,9,11). The second-order valence-electron chi connectivity index (χ2n) is 2.73. The van der Waals surface area contributed by atoms with Crippen LogP contribution in [0.1, 0.15) is 6.42 Å². The highest BCUT2D eigenvalue weighted by Crippen LogP contribution is 2.14. The first-order chi connectivity index (χ1) is 5.38. The number of hydrogen-bond donors (Lipinski definition) is 1. The lowest BCUT2D eigenvalue weighted by molar-refractivity contribution is 0.614. The van der Waals surface area contributed by atoms with Gasteiger partial charge in [-0.25, -0.2) is 0 Å². The average molecular weight is 150 g/mol. The zero-order valence-electron chi connectivity index (χ0n) is 6.21. The average Bonchev–Trinajstić information content (AvgIpc) is 1.90. The highest BCUT2D eigenvalue weighted by Gasteiger charge is 2.16. The lowest BCUT2D eigenvalue weighted by Crippen LogP contribution is -2.40. The molecule has 1 aliphatic heterocycles. The highest BCUT2D eigenvalue weighted by atomic mass is 16.1. The van der Waals surface area contributed by atoms with Crippen LogP contribution in [0.4, 0.5) is 5.69 Å². The van der Waals surface area contributed by atoms with Crippen LogP contribution in [0.3, 0.4) is 0 Å². The molecule has 0 atom stereocenters. The van der Waals surface area contributed by atoms with Gasteiger partial charge in [0.05, 0.1) is 0 Å². The zero-order chi connectivity index (χ0) is 7.68. The number of rotatable bonds is 1. The minimum Gasteiger partial charge on any atom is -0.367 e. The summed E-state index contributed by atoms with van der Waals surface area (Å²) in [6, 6.07) is 3.72. The van der Waals surface area contributed by atoms with Crippen LogP contribution in [0.15, 0.2) is 23.1 Å². The molecule has 1 fully saturated rings. The summed E-state index contributed by atoms with van der Waals surface area (Å²) in [6.45, 7) is 2.04. The maximum Gasteiger partial charge on any atom is 0.271 e. The van der Waals surface area contributed by atoms with Crippen LogP contribution in [0, 0.1) is 0 Å². The van der Waals surface area contributed by atoms with Gasteiger partial charge in [0.15, 0.2) is 0 Å². The van der Waals surface area contributed by atoms with E-state index in [0.717, 1.165) is 18.8 Å². The normalized spacial score (nSPS) is 16.2. The van der Waals surface area contributed by atoms with Crippen molar-refractivity contribution in [3.63, 3.8) is 0 Å². The summed E-state index contributed by atoms with van der Waals surface area (Å²) in [5.41, 5.74) is 0.825. The number of pyridine rings is 1.